The number of nitrogens with zero attached hydrogens (tertiary/aromatic N) is 2. The lowest BCUT2D eigenvalue weighted by molar-refractivity contribution is -0.137. The molecule has 2 N–H and O–H groups in total. The smallest absolute Gasteiger partial charge is 0.304 e. The van der Waals surface area contributed by atoms with Crippen molar-refractivity contribution in [3.05, 3.63) is 0 Å². The number of carbonyl (C=O) groups is 1. The van der Waals surface area contributed by atoms with Crippen LogP contribution in [0.4, 0.5) is 0 Å². The van der Waals surface area contributed by atoms with Crippen molar-refractivity contribution >= 4 is 5.97 Å². The molecule has 0 radical (unpaired) electrons. The third kappa shape index (κ3) is 3.93. The Bertz CT molecular complexity index is 282. The van der Waals surface area contributed by atoms with Crippen LogP contribution in [0.1, 0.15) is 32.1 Å². The van der Waals surface area contributed by atoms with Crippen molar-refractivity contribution in [1.29, 1.82) is 0 Å². The van der Waals surface area contributed by atoms with Gasteiger partial charge in [-0.15, -0.1) is 0 Å². The van der Waals surface area contributed by atoms with Gasteiger partial charge < -0.3 is 15.1 Å². The third-order valence-electron chi connectivity index (χ3n) is 4.16. The molecule has 1 saturated carbocycles. The standard InChI is InChI=1S/C13H24N2O3/c16-12(17)3-6-14-7-9-15(10-8-14)11-13(18)4-1-2-5-13/h18H,1-11H2,(H,16,17). The number of carboxylic acids is 1. The molecule has 0 unspecified atom stereocenters. The quantitative estimate of drug-likeness (QED) is 0.745. The number of aliphatic hydroxyl groups is 1. The molecule has 1 heterocycles. The third-order valence-corrected chi connectivity index (χ3v) is 4.16. The van der Waals surface area contributed by atoms with Crippen LogP contribution in [0.2, 0.25) is 0 Å². The fraction of sp³-hybridized carbons (Fsp3) is 0.923. The summed E-state index contributed by atoms with van der Waals surface area (Å²) in [5, 5.41) is 19.0. The predicted octanol–water partition coefficient (Wildman–Crippen LogP) is 0.384. The number of hydrogen-bond donors (Lipinski definition) is 2. The molecule has 0 atom stereocenters. The van der Waals surface area contributed by atoms with Crippen LogP contribution in [-0.4, -0.2) is 70.9 Å². The van der Waals surface area contributed by atoms with E-state index in [9.17, 15) is 9.90 Å². The summed E-state index contributed by atoms with van der Waals surface area (Å²) in [5.74, 6) is -0.724. The molecule has 0 amide bonds. The second-order valence-electron chi connectivity index (χ2n) is 5.69. The fourth-order valence-corrected chi connectivity index (χ4v) is 3.03. The zero-order valence-electron chi connectivity index (χ0n) is 11.0. The first-order valence-corrected chi connectivity index (χ1v) is 6.96. The molecule has 2 fully saturated rings. The van der Waals surface area contributed by atoms with Gasteiger partial charge in [-0.25, -0.2) is 0 Å². The molecular formula is C13H24N2O3. The highest BCUT2D eigenvalue weighted by Crippen LogP contribution is 2.30. The maximum atomic E-state index is 10.5. The van der Waals surface area contributed by atoms with Gasteiger partial charge in [0.15, 0.2) is 0 Å². The van der Waals surface area contributed by atoms with Crippen molar-refractivity contribution < 1.29 is 15.0 Å². The van der Waals surface area contributed by atoms with Gasteiger partial charge in [-0.2, -0.15) is 0 Å². The van der Waals surface area contributed by atoms with E-state index in [1.807, 2.05) is 0 Å². The van der Waals surface area contributed by atoms with Gasteiger partial charge in [0, 0.05) is 39.3 Å². The fourth-order valence-electron chi connectivity index (χ4n) is 3.03. The lowest BCUT2D eigenvalue weighted by Crippen LogP contribution is -2.51. The highest BCUT2D eigenvalue weighted by Gasteiger charge is 2.33. The Hall–Kier alpha value is -0.650. The molecule has 5 nitrogen and oxygen atoms in total. The number of rotatable bonds is 5. The van der Waals surface area contributed by atoms with Crippen molar-refractivity contribution in [2.24, 2.45) is 0 Å². The largest absolute Gasteiger partial charge is 0.481 e. The highest BCUT2D eigenvalue weighted by molar-refractivity contribution is 5.66. The Morgan fingerprint density at radius 1 is 1.06 bits per heavy atom. The Kier molecular flexibility index (Phi) is 4.59. The number of carboxylic acid groups (broad SMARTS) is 1. The lowest BCUT2D eigenvalue weighted by Gasteiger charge is -2.38. The van der Waals surface area contributed by atoms with Crippen LogP contribution in [0.5, 0.6) is 0 Å². The van der Waals surface area contributed by atoms with E-state index in [0.717, 1.165) is 58.4 Å². The molecule has 5 heteroatoms. The van der Waals surface area contributed by atoms with Crippen LogP contribution in [0.3, 0.4) is 0 Å². The lowest BCUT2D eigenvalue weighted by atomic mass is 10.0. The van der Waals surface area contributed by atoms with Crippen molar-refractivity contribution in [2.45, 2.75) is 37.7 Å². The van der Waals surface area contributed by atoms with Crippen LogP contribution in [0.25, 0.3) is 0 Å². The number of piperazine rings is 1. The maximum Gasteiger partial charge on any atom is 0.304 e. The summed E-state index contributed by atoms with van der Waals surface area (Å²) in [6, 6.07) is 0. The van der Waals surface area contributed by atoms with E-state index in [2.05, 4.69) is 9.80 Å². The molecule has 1 saturated heterocycles. The van der Waals surface area contributed by atoms with Gasteiger partial charge in [0.1, 0.15) is 0 Å². The summed E-state index contributed by atoms with van der Waals surface area (Å²) in [4.78, 5) is 15.0. The first-order chi connectivity index (χ1) is 8.57. The topological polar surface area (TPSA) is 64.0 Å². The van der Waals surface area contributed by atoms with Crippen LogP contribution in [0, 0.1) is 0 Å². The highest BCUT2D eigenvalue weighted by atomic mass is 16.4. The predicted molar refractivity (Wildman–Crippen MR) is 68.6 cm³/mol. The normalized spacial score (nSPS) is 25.4. The average molecular weight is 256 g/mol. The minimum Gasteiger partial charge on any atom is -0.481 e. The van der Waals surface area contributed by atoms with E-state index < -0.39 is 11.6 Å². The van der Waals surface area contributed by atoms with Gasteiger partial charge in [0.05, 0.1) is 12.0 Å². The summed E-state index contributed by atoms with van der Waals surface area (Å²) in [7, 11) is 0. The second-order valence-corrected chi connectivity index (χ2v) is 5.69. The van der Waals surface area contributed by atoms with Gasteiger partial charge in [0.2, 0.25) is 0 Å². The van der Waals surface area contributed by atoms with Crippen molar-refractivity contribution in [3.63, 3.8) is 0 Å². The molecule has 1 aliphatic carbocycles. The Morgan fingerprint density at radius 3 is 2.17 bits per heavy atom. The summed E-state index contributed by atoms with van der Waals surface area (Å²) < 4.78 is 0. The van der Waals surface area contributed by atoms with Crippen LogP contribution < -0.4 is 0 Å². The zero-order chi connectivity index (χ0) is 13.0. The van der Waals surface area contributed by atoms with Gasteiger partial charge >= 0.3 is 5.97 Å². The molecular weight excluding hydrogens is 232 g/mol. The van der Waals surface area contributed by atoms with E-state index in [4.69, 9.17) is 5.11 Å². The minimum absolute atomic E-state index is 0.226. The summed E-state index contributed by atoms with van der Waals surface area (Å²) >= 11 is 0. The molecule has 2 aliphatic rings. The second kappa shape index (κ2) is 5.99. The molecule has 2 rings (SSSR count). The van der Waals surface area contributed by atoms with E-state index >= 15 is 0 Å². The van der Waals surface area contributed by atoms with E-state index in [1.165, 1.54) is 0 Å². The molecule has 0 bridgehead atoms. The van der Waals surface area contributed by atoms with Gasteiger partial charge in [-0.3, -0.25) is 9.69 Å². The summed E-state index contributed by atoms with van der Waals surface area (Å²) in [5.41, 5.74) is -0.455. The van der Waals surface area contributed by atoms with Crippen LogP contribution >= 0.6 is 0 Å². The maximum absolute atomic E-state index is 10.5. The van der Waals surface area contributed by atoms with Crippen LogP contribution in [0.15, 0.2) is 0 Å². The molecule has 0 spiro atoms. The van der Waals surface area contributed by atoms with Gasteiger partial charge in [-0.05, 0) is 12.8 Å². The number of hydrogen-bond acceptors (Lipinski definition) is 4. The first kappa shape index (κ1) is 13.8. The molecule has 18 heavy (non-hydrogen) atoms. The molecule has 0 aromatic heterocycles. The molecule has 0 aromatic carbocycles. The van der Waals surface area contributed by atoms with Crippen molar-refractivity contribution in [2.75, 3.05) is 39.3 Å². The van der Waals surface area contributed by atoms with Gasteiger partial charge in [0.25, 0.3) is 0 Å². The summed E-state index contributed by atoms with van der Waals surface area (Å²) in [6.07, 6.45) is 4.40. The molecule has 0 aromatic rings. The van der Waals surface area contributed by atoms with Crippen molar-refractivity contribution in [1.82, 2.24) is 9.80 Å². The monoisotopic (exact) mass is 256 g/mol. The molecule has 104 valence electrons. The average Bonchev–Trinajstić information content (AvgIpc) is 2.75. The van der Waals surface area contributed by atoms with E-state index in [-0.39, 0.29) is 6.42 Å². The van der Waals surface area contributed by atoms with Gasteiger partial charge in [-0.1, -0.05) is 12.8 Å². The SMILES string of the molecule is O=C(O)CCN1CCN(CC2(O)CCCC2)CC1. The first-order valence-electron chi connectivity index (χ1n) is 6.96. The Morgan fingerprint density at radius 2 is 1.61 bits per heavy atom. The Labute approximate surface area is 108 Å². The zero-order valence-corrected chi connectivity index (χ0v) is 11.0. The minimum atomic E-state index is -0.724. The van der Waals surface area contributed by atoms with Crippen molar-refractivity contribution in [3.8, 4) is 0 Å². The Balaban J connectivity index is 1.68. The summed E-state index contributed by atoms with van der Waals surface area (Å²) in [6.45, 7) is 5.17. The van der Waals surface area contributed by atoms with E-state index in [1.54, 1.807) is 0 Å². The number of aliphatic carboxylic acids is 1. The molecule has 1 aliphatic heterocycles. The number of β-amino-alcohol motifs (C(OH)–C–C–N with tert-alkyl or cyclic N) is 1. The van der Waals surface area contributed by atoms with Crippen LogP contribution in [-0.2, 0) is 4.79 Å². The van der Waals surface area contributed by atoms with E-state index in [0.29, 0.717) is 6.54 Å².